The molecule has 0 heterocycles. The van der Waals surface area contributed by atoms with E-state index in [0.29, 0.717) is 0 Å². The van der Waals surface area contributed by atoms with Gasteiger partial charge in [-0.1, -0.05) is 26.2 Å². The Kier molecular flexibility index (Phi) is 3.92. The molecule has 1 saturated carbocycles. The first-order valence-electron chi connectivity index (χ1n) is 4.97. The van der Waals surface area contributed by atoms with Crippen LogP contribution in [0.15, 0.2) is 0 Å². The van der Waals surface area contributed by atoms with E-state index in [2.05, 4.69) is 19.3 Å². The molecule has 1 nitrogen and oxygen atoms in total. The highest BCUT2D eigenvalue weighted by atomic mass is 14.8. The lowest BCUT2D eigenvalue weighted by atomic mass is 9.99. The predicted octanol–water partition coefficient (Wildman–Crippen LogP) is 2.42. The molecule has 1 fully saturated rings. The monoisotopic (exact) mass is 155 g/mol. The molecule has 0 bridgehead atoms. The highest BCUT2D eigenvalue weighted by molar-refractivity contribution is 4.68. The predicted molar refractivity (Wildman–Crippen MR) is 49.7 cm³/mol. The summed E-state index contributed by atoms with van der Waals surface area (Å²) in [4.78, 5) is 0. The minimum Gasteiger partial charge on any atom is -0.319 e. The first-order valence-corrected chi connectivity index (χ1v) is 4.97. The van der Waals surface area contributed by atoms with E-state index < -0.39 is 0 Å². The molecule has 1 heteroatoms. The van der Waals surface area contributed by atoms with Gasteiger partial charge in [-0.15, -0.1) is 0 Å². The molecule has 2 atom stereocenters. The Labute approximate surface area is 70.6 Å². The van der Waals surface area contributed by atoms with Crippen LogP contribution in [0.3, 0.4) is 0 Å². The summed E-state index contributed by atoms with van der Waals surface area (Å²) in [5, 5.41) is 3.28. The molecule has 0 amide bonds. The standard InChI is InChI=1S/C10H21N/c1-9-4-3-5-10(7-6-9)8-11-2/h9-11H,3-8H2,1-2H3. The Morgan fingerprint density at radius 2 is 2.00 bits per heavy atom. The third-order valence-electron chi connectivity index (χ3n) is 2.87. The van der Waals surface area contributed by atoms with Gasteiger partial charge >= 0.3 is 0 Å². The van der Waals surface area contributed by atoms with E-state index in [1.807, 2.05) is 0 Å². The van der Waals surface area contributed by atoms with E-state index in [1.54, 1.807) is 0 Å². The average molecular weight is 155 g/mol. The van der Waals surface area contributed by atoms with Crippen LogP contribution in [0.4, 0.5) is 0 Å². The molecule has 0 aromatic rings. The minimum absolute atomic E-state index is 0.963. The van der Waals surface area contributed by atoms with Crippen LogP contribution < -0.4 is 5.32 Å². The van der Waals surface area contributed by atoms with Gasteiger partial charge in [0.25, 0.3) is 0 Å². The largest absolute Gasteiger partial charge is 0.319 e. The Morgan fingerprint density at radius 1 is 1.18 bits per heavy atom. The lowest BCUT2D eigenvalue weighted by Crippen LogP contribution is -2.18. The normalized spacial score (nSPS) is 33.3. The van der Waals surface area contributed by atoms with Crippen LogP contribution in [0.25, 0.3) is 0 Å². The number of nitrogens with one attached hydrogen (secondary N) is 1. The zero-order chi connectivity index (χ0) is 8.10. The zero-order valence-corrected chi connectivity index (χ0v) is 7.90. The van der Waals surface area contributed by atoms with Crippen LogP contribution in [-0.2, 0) is 0 Å². The molecule has 0 saturated heterocycles. The highest BCUT2D eigenvalue weighted by Crippen LogP contribution is 2.26. The van der Waals surface area contributed by atoms with Crippen molar-refractivity contribution in [2.45, 2.75) is 39.0 Å². The number of rotatable bonds is 2. The van der Waals surface area contributed by atoms with Crippen LogP contribution >= 0.6 is 0 Å². The summed E-state index contributed by atoms with van der Waals surface area (Å²) in [7, 11) is 2.06. The Bertz CT molecular complexity index is 101. The summed E-state index contributed by atoms with van der Waals surface area (Å²) in [5.74, 6) is 1.95. The molecule has 0 radical (unpaired) electrons. The van der Waals surface area contributed by atoms with Crippen LogP contribution in [0.1, 0.15) is 39.0 Å². The van der Waals surface area contributed by atoms with E-state index >= 15 is 0 Å². The molecule has 1 N–H and O–H groups in total. The lowest BCUT2D eigenvalue weighted by Gasteiger charge is -2.12. The van der Waals surface area contributed by atoms with E-state index in [4.69, 9.17) is 0 Å². The van der Waals surface area contributed by atoms with E-state index in [9.17, 15) is 0 Å². The fourth-order valence-corrected chi connectivity index (χ4v) is 2.06. The fraction of sp³-hybridized carbons (Fsp3) is 1.00. The van der Waals surface area contributed by atoms with Gasteiger partial charge in [-0.25, -0.2) is 0 Å². The van der Waals surface area contributed by atoms with Gasteiger partial charge < -0.3 is 5.32 Å². The second-order valence-electron chi connectivity index (χ2n) is 4.04. The van der Waals surface area contributed by atoms with Crippen molar-refractivity contribution in [3.05, 3.63) is 0 Å². The fourth-order valence-electron chi connectivity index (χ4n) is 2.06. The summed E-state index contributed by atoms with van der Waals surface area (Å²) in [6, 6.07) is 0. The maximum absolute atomic E-state index is 3.28. The summed E-state index contributed by atoms with van der Waals surface area (Å²) < 4.78 is 0. The van der Waals surface area contributed by atoms with Crippen LogP contribution in [0.2, 0.25) is 0 Å². The zero-order valence-electron chi connectivity index (χ0n) is 7.90. The Balaban J connectivity index is 2.22. The second-order valence-corrected chi connectivity index (χ2v) is 4.04. The van der Waals surface area contributed by atoms with Gasteiger partial charge in [0, 0.05) is 0 Å². The van der Waals surface area contributed by atoms with Crippen molar-refractivity contribution in [3.8, 4) is 0 Å². The van der Waals surface area contributed by atoms with Gasteiger partial charge in [-0.2, -0.15) is 0 Å². The topological polar surface area (TPSA) is 12.0 Å². The molecule has 1 rings (SSSR count). The third-order valence-corrected chi connectivity index (χ3v) is 2.87. The molecule has 2 unspecified atom stereocenters. The maximum atomic E-state index is 3.28. The van der Waals surface area contributed by atoms with Crippen molar-refractivity contribution in [2.24, 2.45) is 11.8 Å². The van der Waals surface area contributed by atoms with Crippen molar-refractivity contribution < 1.29 is 0 Å². The van der Waals surface area contributed by atoms with Crippen molar-refractivity contribution >= 4 is 0 Å². The number of hydrogen-bond acceptors (Lipinski definition) is 1. The Hall–Kier alpha value is -0.0400. The van der Waals surface area contributed by atoms with E-state index in [-0.39, 0.29) is 0 Å². The smallest absolute Gasteiger partial charge is 0.00235 e. The summed E-state index contributed by atoms with van der Waals surface area (Å²) in [5.41, 5.74) is 0. The summed E-state index contributed by atoms with van der Waals surface area (Å²) in [6.45, 7) is 3.62. The third kappa shape index (κ3) is 3.24. The van der Waals surface area contributed by atoms with Crippen LogP contribution in [-0.4, -0.2) is 13.6 Å². The van der Waals surface area contributed by atoms with Crippen molar-refractivity contribution in [1.29, 1.82) is 0 Å². The molecule has 0 aliphatic heterocycles. The lowest BCUT2D eigenvalue weighted by molar-refractivity contribution is 0.430. The number of hydrogen-bond donors (Lipinski definition) is 1. The van der Waals surface area contributed by atoms with Crippen molar-refractivity contribution in [2.75, 3.05) is 13.6 Å². The molecule has 1 aliphatic rings. The van der Waals surface area contributed by atoms with Crippen molar-refractivity contribution in [3.63, 3.8) is 0 Å². The molecule has 0 aromatic carbocycles. The highest BCUT2D eigenvalue weighted by Gasteiger charge is 2.14. The SMILES string of the molecule is CNCC1CCCC(C)CC1. The first kappa shape index (κ1) is 9.05. The summed E-state index contributed by atoms with van der Waals surface area (Å²) in [6.07, 6.45) is 7.26. The molecule has 1 aliphatic carbocycles. The first-order chi connectivity index (χ1) is 5.33. The molecule has 0 spiro atoms. The van der Waals surface area contributed by atoms with E-state index in [1.165, 1.54) is 38.6 Å². The van der Waals surface area contributed by atoms with Crippen LogP contribution in [0, 0.1) is 11.8 Å². The summed E-state index contributed by atoms with van der Waals surface area (Å²) >= 11 is 0. The van der Waals surface area contributed by atoms with Gasteiger partial charge in [0.05, 0.1) is 0 Å². The minimum atomic E-state index is 0.963. The quantitative estimate of drug-likeness (QED) is 0.604. The molecule has 0 aromatic heterocycles. The van der Waals surface area contributed by atoms with Gasteiger partial charge in [-0.3, -0.25) is 0 Å². The maximum Gasteiger partial charge on any atom is -0.00235 e. The Morgan fingerprint density at radius 3 is 2.73 bits per heavy atom. The molecule has 11 heavy (non-hydrogen) atoms. The second kappa shape index (κ2) is 4.76. The molecular weight excluding hydrogens is 134 g/mol. The van der Waals surface area contributed by atoms with Crippen LogP contribution in [0.5, 0.6) is 0 Å². The van der Waals surface area contributed by atoms with E-state index in [0.717, 1.165) is 11.8 Å². The average Bonchev–Trinajstić information content (AvgIpc) is 2.17. The van der Waals surface area contributed by atoms with Gasteiger partial charge in [-0.05, 0) is 38.3 Å². The molecular formula is C10H21N. The van der Waals surface area contributed by atoms with Crippen molar-refractivity contribution in [1.82, 2.24) is 5.32 Å². The van der Waals surface area contributed by atoms with Gasteiger partial charge in [0.1, 0.15) is 0 Å². The van der Waals surface area contributed by atoms with Gasteiger partial charge in [0.2, 0.25) is 0 Å². The molecule has 66 valence electrons. The van der Waals surface area contributed by atoms with Gasteiger partial charge in [0.15, 0.2) is 0 Å².